The van der Waals surface area contributed by atoms with Crippen molar-refractivity contribution in [3.05, 3.63) is 35.9 Å². The lowest BCUT2D eigenvalue weighted by atomic mass is 9.64. The number of halogens is 1. The first-order valence-corrected chi connectivity index (χ1v) is 7.86. The van der Waals surface area contributed by atoms with Crippen LogP contribution in [-0.4, -0.2) is 25.5 Å². The van der Waals surface area contributed by atoms with E-state index in [1.54, 1.807) is 0 Å². The predicted octanol–water partition coefficient (Wildman–Crippen LogP) is 2.65. The van der Waals surface area contributed by atoms with Gasteiger partial charge in [0.2, 0.25) is 5.91 Å². The van der Waals surface area contributed by atoms with E-state index >= 15 is 0 Å². The van der Waals surface area contributed by atoms with Crippen LogP contribution < -0.4 is 10.6 Å². The average molecular weight is 309 g/mol. The molecule has 0 spiro atoms. The first-order valence-electron chi connectivity index (χ1n) is 7.86. The van der Waals surface area contributed by atoms with Crippen molar-refractivity contribution in [2.45, 2.75) is 37.5 Å². The molecular weight excluding hydrogens is 284 g/mol. The van der Waals surface area contributed by atoms with Crippen LogP contribution in [0, 0.1) is 5.92 Å². The molecule has 1 aromatic rings. The highest BCUT2D eigenvalue weighted by Gasteiger charge is 2.45. The summed E-state index contributed by atoms with van der Waals surface area (Å²) in [4.78, 5) is 12.6. The molecule has 116 valence electrons. The minimum atomic E-state index is -0.241. The van der Waals surface area contributed by atoms with Gasteiger partial charge in [-0.3, -0.25) is 4.79 Å². The van der Waals surface area contributed by atoms with Crippen LogP contribution in [0.2, 0.25) is 0 Å². The van der Waals surface area contributed by atoms with Gasteiger partial charge in [-0.25, -0.2) is 0 Å². The first kappa shape index (κ1) is 16.3. The van der Waals surface area contributed by atoms with E-state index in [4.69, 9.17) is 0 Å². The molecule has 1 aromatic carbocycles. The van der Waals surface area contributed by atoms with E-state index in [1.165, 1.54) is 12.0 Å². The van der Waals surface area contributed by atoms with E-state index in [9.17, 15) is 4.79 Å². The lowest BCUT2D eigenvalue weighted by Crippen LogP contribution is -2.49. The fourth-order valence-electron chi connectivity index (χ4n) is 3.45. The predicted molar refractivity (Wildman–Crippen MR) is 87.8 cm³/mol. The Morgan fingerprint density at radius 1 is 1.29 bits per heavy atom. The zero-order valence-corrected chi connectivity index (χ0v) is 13.3. The second kappa shape index (κ2) is 7.28. The molecule has 0 aromatic heterocycles. The summed E-state index contributed by atoms with van der Waals surface area (Å²) in [5.41, 5.74) is 0.945. The van der Waals surface area contributed by atoms with Crippen molar-refractivity contribution >= 4 is 18.3 Å². The van der Waals surface area contributed by atoms with Crippen molar-refractivity contribution in [2.75, 3.05) is 19.6 Å². The summed E-state index contributed by atoms with van der Waals surface area (Å²) in [7, 11) is 0. The molecule has 4 heteroatoms. The van der Waals surface area contributed by atoms with E-state index in [0.717, 1.165) is 51.2 Å². The first-order chi connectivity index (χ1) is 9.81. The summed E-state index contributed by atoms with van der Waals surface area (Å²) in [5, 5.41) is 6.56. The van der Waals surface area contributed by atoms with Gasteiger partial charge < -0.3 is 10.6 Å². The second-order valence-electron chi connectivity index (χ2n) is 6.21. The van der Waals surface area contributed by atoms with Gasteiger partial charge in [-0.05, 0) is 50.3 Å². The van der Waals surface area contributed by atoms with Crippen LogP contribution in [0.1, 0.15) is 37.7 Å². The molecule has 1 saturated heterocycles. The molecular formula is C17H25ClN2O. The minimum Gasteiger partial charge on any atom is -0.355 e. The molecule has 0 radical (unpaired) electrons. The van der Waals surface area contributed by atoms with Crippen molar-refractivity contribution in [3.8, 4) is 0 Å². The maximum atomic E-state index is 12.6. The minimum absolute atomic E-state index is 0. The van der Waals surface area contributed by atoms with Gasteiger partial charge >= 0.3 is 0 Å². The summed E-state index contributed by atoms with van der Waals surface area (Å²) in [6, 6.07) is 10.3. The molecule has 1 saturated carbocycles. The van der Waals surface area contributed by atoms with Crippen LogP contribution in [0.5, 0.6) is 0 Å². The van der Waals surface area contributed by atoms with E-state index < -0.39 is 0 Å². The standard InChI is InChI=1S/C17H24N2O.ClH/c20-16(19-12-8-14-7-11-18-13-14)17(9-4-10-17)15-5-2-1-3-6-15;/h1-3,5-6,14,18H,4,7-13H2,(H,19,20);1H. The smallest absolute Gasteiger partial charge is 0.230 e. The number of hydrogen-bond acceptors (Lipinski definition) is 2. The zero-order valence-electron chi connectivity index (χ0n) is 12.4. The number of rotatable bonds is 5. The molecule has 1 amide bonds. The largest absolute Gasteiger partial charge is 0.355 e. The Morgan fingerprint density at radius 2 is 2.05 bits per heavy atom. The van der Waals surface area contributed by atoms with Crippen molar-refractivity contribution in [1.29, 1.82) is 0 Å². The molecule has 3 nitrogen and oxygen atoms in total. The highest BCUT2D eigenvalue weighted by atomic mass is 35.5. The average Bonchev–Trinajstić information content (AvgIpc) is 2.92. The lowest BCUT2D eigenvalue weighted by Gasteiger charge is -2.40. The molecule has 0 bridgehead atoms. The molecule has 21 heavy (non-hydrogen) atoms. The van der Waals surface area contributed by atoms with Crippen LogP contribution in [0.3, 0.4) is 0 Å². The van der Waals surface area contributed by atoms with Crippen molar-refractivity contribution in [2.24, 2.45) is 5.92 Å². The Morgan fingerprint density at radius 3 is 2.62 bits per heavy atom. The van der Waals surface area contributed by atoms with Crippen molar-refractivity contribution in [3.63, 3.8) is 0 Å². The van der Waals surface area contributed by atoms with E-state index in [2.05, 4.69) is 22.8 Å². The molecule has 1 aliphatic carbocycles. The monoisotopic (exact) mass is 308 g/mol. The third-order valence-corrected chi connectivity index (χ3v) is 4.97. The second-order valence-corrected chi connectivity index (χ2v) is 6.21. The summed E-state index contributed by atoms with van der Waals surface area (Å²) in [6.45, 7) is 3.06. The Bertz CT molecular complexity index is 453. The Balaban J connectivity index is 0.00000161. The van der Waals surface area contributed by atoms with Gasteiger partial charge in [0.15, 0.2) is 0 Å². The maximum Gasteiger partial charge on any atom is 0.230 e. The molecule has 1 heterocycles. The van der Waals surface area contributed by atoms with Crippen LogP contribution in [0.25, 0.3) is 0 Å². The lowest BCUT2D eigenvalue weighted by molar-refractivity contribution is -0.129. The van der Waals surface area contributed by atoms with E-state index in [-0.39, 0.29) is 23.7 Å². The number of amides is 1. The summed E-state index contributed by atoms with van der Waals surface area (Å²) < 4.78 is 0. The molecule has 1 unspecified atom stereocenters. The molecule has 2 aliphatic rings. The van der Waals surface area contributed by atoms with E-state index in [1.807, 2.05) is 18.2 Å². The van der Waals surface area contributed by atoms with Crippen LogP contribution in [0.4, 0.5) is 0 Å². The summed E-state index contributed by atoms with van der Waals surface area (Å²) in [5.74, 6) is 0.977. The van der Waals surface area contributed by atoms with Crippen molar-refractivity contribution < 1.29 is 4.79 Å². The number of carbonyl (C=O) groups excluding carboxylic acids is 1. The van der Waals surface area contributed by atoms with Gasteiger partial charge in [0.1, 0.15) is 0 Å². The van der Waals surface area contributed by atoms with Gasteiger partial charge in [0, 0.05) is 6.54 Å². The van der Waals surface area contributed by atoms with Gasteiger partial charge in [0.25, 0.3) is 0 Å². The Hall–Kier alpha value is -1.06. The number of hydrogen-bond donors (Lipinski definition) is 2. The van der Waals surface area contributed by atoms with Gasteiger partial charge in [-0.1, -0.05) is 36.8 Å². The third kappa shape index (κ3) is 3.41. The zero-order chi connectivity index (χ0) is 13.8. The topological polar surface area (TPSA) is 41.1 Å². The normalized spacial score (nSPS) is 23.0. The number of benzene rings is 1. The van der Waals surface area contributed by atoms with Crippen LogP contribution >= 0.6 is 12.4 Å². The third-order valence-electron chi connectivity index (χ3n) is 4.97. The maximum absolute atomic E-state index is 12.6. The van der Waals surface area contributed by atoms with Crippen LogP contribution in [0.15, 0.2) is 30.3 Å². The molecule has 2 N–H and O–H groups in total. The van der Waals surface area contributed by atoms with E-state index in [0.29, 0.717) is 0 Å². The summed E-state index contributed by atoms with van der Waals surface area (Å²) in [6.07, 6.45) is 5.50. The fourth-order valence-corrected chi connectivity index (χ4v) is 3.45. The molecule has 1 aliphatic heterocycles. The highest BCUT2D eigenvalue weighted by molar-refractivity contribution is 5.89. The summed E-state index contributed by atoms with van der Waals surface area (Å²) >= 11 is 0. The Labute approximate surface area is 133 Å². The number of carbonyl (C=O) groups is 1. The van der Waals surface area contributed by atoms with Crippen LogP contribution in [-0.2, 0) is 10.2 Å². The van der Waals surface area contributed by atoms with Crippen molar-refractivity contribution in [1.82, 2.24) is 10.6 Å². The highest BCUT2D eigenvalue weighted by Crippen LogP contribution is 2.43. The molecule has 1 atom stereocenters. The van der Waals surface area contributed by atoms with Gasteiger partial charge in [0.05, 0.1) is 5.41 Å². The van der Waals surface area contributed by atoms with Gasteiger partial charge in [-0.15, -0.1) is 12.4 Å². The molecule has 2 fully saturated rings. The quantitative estimate of drug-likeness (QED) is 0.878. The number of nitrogens with one attached hydrogen (secondary N) is 2. The molecule has 3 rings (SSSR count). The fraction of sp³-hybridized carbons (Fsp3) is 0.588. The SMILES string of the molecule is Cl.O=C(NCCC1CCNC1)C1(c2ccccc2)CCC1. The Kier molecular flexibility index (Phi) is 5.65. The van der Waals surface area contributed by atoms with Gasteiger partial charge in [-0.2, -0.15) is 0 Å².